The molecule has 0 aromatic carbocycles. The fourth-order valence-electron chi connectivity index (χ4n) is 0.867. The summed E-state index contributed by atoms with van der Waals surface area (Å²) in [5.41, 5.74) is 0. The topological polar surface area (TPSA) is 87.4 Å². The molecule has 0 aliphatic rings. The summed E-state index contributed by atoms with van der Waals surface area (Å²) >= 11 is 0. The minimum absolute atomic E-state index is 0.0589. The van der Waals surface area contributed by atoms with Crippen molar-refractivity contribution in [1.29, 1.82) is 0 Å². The number of hydrogen-bond acceptors (Lipinski definition) is 4. The van der Waals surface area contributed by atoms with Gasteiger partial charge in [-0.3, -0.25) is 5.32 Å². The van der Waals surface area contributed by atoms with Crippen molar-refractivity contribution < 1.29 is 14.4 Å². The van der Waals surface area contributed by atoms with Gasteiger partial charge in [-0.1, -0.05) is 5.16 Å². The molecule has 1 heterocycles. The first kappa shape index (κ1) is 10.5. The van der Waals surface area contributed by atoms with Crippen LogP contribution in [0, 0.1) is 6.92 Å². The highest BCUT2D eigenvalue weighted by molar-refractivity contribution is 5.88. The van der Waals surface area contributed by atoms with Gasteiger partial charge >= 0.3 is 6.03 Å². The van der Waals surface area contributed by atoms with E-state index in [4.69, 9.17) is 9.63 Å². The molecule has 3 N–H and O–H groups in total. The number of anilines is 1. The molecule has 0 fully saturated rings. The van der Waals surface area contributed by atoms with Gasteiger partial charge in [0.25, 0.3) is 0 Å². The van der Waals surface area contributed by atoms with Crippen LogP contribution in [0.2, 0.25) is 0 Å². The third-order valence-corrected chi connectivity index (χ3v) is 1.49. The summed E-state index contributed by atoms with van der Waals surface area (Å²) < 4.78 is 4.76. The Kier molecular flexibility index (Phi) is 3.93. The Morgan fingerprint density at radius 1 is 1.71 bits per heavy atom. The van der Waals surface area contributed by atoms with Gasteiger partial charge in [0.1, 0.15) is 5.76 Å². The van der Waals surface area contributed by atoms with Crippen molar-refractivity contribution in [2.75, 3.05) is 18.5 Å². The largest absolute Gasteiger partial charge is 0.396 e. The van der Waals surface area contributed by atoms with Crippen molar-refractivity contribution in [2.24, 2.45) is 0 Å². The van der Waals surface area contributed by atoms with Gasteiger partial charge < -0.3 is 14.9 Å². The first-order valence-corrected chi connectivity index (χ1v) is 4.31. The molecule has 0 saturated carbocycles. The monoisotopic (exact) mass is 199 g/mol. The molecule has 0 saturated heterocycles. The molecule has 1 rings (SSSR count). The van der Waals surface area contributed by atoms with Crippen molar-refractivity contribution in [3.8, 4) is 0 Å². The lowest BCUT2D eigenvalue weighted by Crippen LogP contribution is -2.30. The fourth-order valence-corrected chi connectivity index (χ4v) is 0.867. The molecule has 6 nitrogen and oxygen atoms in total. The molecule has 1 aromatic heterocycles. The van der Waals surface area contributed by atoms with E-state index in [1.165, 1.54) is 0 Å². The molecular weight excluding hydrogens is 186 g/mol. The molecule has 78 valence electrons. The van der Waals surface area contributed by atoms with Crippen LogP contribution in [0.4, 0.5) is 10.6 Å². The number of carbonyl (C=O) groups excluding carboxylic acids is 1. The van der Waals surface area contributed by atoms with E-state index in [0.29, 0.717) is 24.5 Å². The van der Waals surface area contributed by atoms with E-state index in [2.05, 4.69) is 15.8 Å². The van der Waals surface area contributed by atoms with Crippen molar-refractivity contribution in [2.45, 2.75) is 13.3 Å². The van der Waals surface area contributed by atoms with E-state index in [1.54, 1.807) is 13.0 Å². The van der Waals surface area contributed by atoms with Crippen LogP contribution in [0.3, 0.4) is 0 Å². The lowest BCUT2D eigenvalue weighted by Gasteiger charge is -2.02. The molecular formula is C8H13N3O3. The lowest BCUT2D eigenvalue weighted by atomic mass is 10.4. The Morgan fingerprint density at radius 3 is 3.07 bits per heavy atom. The average molecular weight is 199 g/mol. The molecule has 0 bridgehead atoms. The number of rotatable bonds is 4. The zero-order chi connectivity index (χ0) is 10.4. The van der Waals surface area contributed by atoms with Gasteiger partial charge in [-0.25, -0.2) is 4.79 Å². The molecule has 0 radical (unpaired) electrons. The Bertz CT molecular complexity index is 298. The lowest BCUT2D eigenvalue weighted by molar-refractivity contribution is 0.248. The Morgan fingerprint density at radius 2 is 2.50 bits per heavy atom. The standard InChI is InChI=1S/C8H13N3O3/c1-6-5-7(11-14-6)10-8(13)9-3-2-4-12/h5,12H,2-4H2,1H3,(H2,9,10,11,13). The van der Waals surface area contributed by atoms with E-state index >= 15 is 0 Å². The number of nitrogens with zero attached hydrogens (tertiary/aromatic N) is 1. The van der Waals surface area contributed by atoms with E-state index in [-0.39, 0.29) is 12.6 Å². The third-order valence-electron chi connectivity index (χ3n) is 1.49. The third kappa shape index (κ3) is 3.44. The average Bonchev–Trinajstić information content (AvgIpc) is 2.52. The number of urea groups is 1. The molecule has 0 unspecified atom stereocenters. The second-order valence-corrected chi connectivity index (χ2v) is 2.78. The summed E-state index contributed by atoms with van der Waals surface area (Å²) in [5, 5.41) is 17.1. The zero-order valence-electron chi connectivity index (χ0n) is 7.91. The highest BCUT2D eigenvalue weighted by Crippen LogP contribution is 2.06. The second-order valence-electron chi connectivity index (χ2n) is 2.78. The van der Waals surface area contributed by atoms with Crippen LogP contribution in [0.1, 0.15) is 12.2 Å². The maximum atomic E-state index is 11.1. The molecule has 0 spiro atoms. The summed E-state index contributed by atoms with van der Waals surface area (Å²) in [6.07, 6.45) is 0.533. The number of carbonyl (C=O) groups is 1. The van der Waals surface area contributed by atoms with Gasteiger partial charge in [-0.15, -0.1) is 0 Å². The van der Waals surface area contributed by atoms with Crippen LogP contribution >= 0.6 is 0 Å². The van der Waals surface area contributed by atoms with Crippen LogP contribution in [0.5, 0.6) is 0 Å². The van der Waals surface area contributed by atoms with Crippen LogP contribution in [-0.4, -0.2) is 29.4 Å². The SMILES string of the molecule is Cc1cc(NC(=O)NCCCO)no1. The van der Waals surface area contributed by atoms with Gasteiger partial charge in [0.15, 0.2) is 5.82 Å². The summed E-state index contributed by atoms with van der Waals surface area (Å²) in [4.78, 5) is 11.1. The number of aliphatic hydroxyl groups excluding tert-OH is 1. The van der Waals surface area contributed by atoms with Crippen molar-refractivity contribution in [3.05, 3.63) is 11.8 Å². The van der Waals surface area contributed by atoms with E-state index in [1.807, 2.05) is 0 Å². The van der Waals surface area contributed by atoms with Gasteiger partial charge in [-0.05, 0) is 13.3 Å². The zero-order valence-corrected chi connectivity index (χ0v) is 7.91. The summed E-state index contributed by atoms with van der Waals surface area (Å²) in [6.45, 7) is 2.23. The fraction of sp³-hybridized carbons (Fsp3) is 0.500. The first-order chi connectivity index (χ1) is 6.72. The smallest absolute Gasteiger partial charge is 0.320 e. The maximum absolute atomic E-state index is 11.1. The van der Waals surface area contributed by atoms with Crippen molar-refractivity contribution in [1.82, 2.24) is 10.5 Å². The minimum Gasteiger partial charge on any atom is -0.396 e. The Labute approximate surface area is 81.3 Å². The first-order valence-electron chi connectivity index (χ1n) is 4.31. The number of aliphatic hydroxyl groups is 1. The predicted octanol–water partition coefficient (Wildman–Crippen LogP) is 0.487. The quantitative estimate of drug-likeness (QED) is 0.616. The van der Waals surface area contributed by atoms with Crippen LogP contribution < -0.4 is 10.6 Å². The highest BCUT2D eigenvalue weighted by Gasteiger charge is 2.04. The minimum atomic E-state index is -0.355. The van der Waals surface area contributed by atoms with Crippen molar-refractivity contribution >= 4 is 11.8 Å². The molecule has 0 aliphatic heterocycles. The van der Waals surface area contributed by atoms with Crippen LogP contribution in [0.15, 0.2) is 10.6 Å². The normalized spacial score (nSPS) is 9.86. The number of aryl methyl sites for hydroxylation is 1. The maximum Gasteiger partial charge on any atom is 0.320 e. The molecule has 2 amide bonds. The number of amides is 2. The summed E-state index contributed by atoms with van der Waals surface area (Å²) in [5.74, 6) is 1.01. The van der Waals surface area contributed by atoms with E-state index in [9.17, 15) is 4.79 Å². The van der Waals surface area contributed by atoms with Gasteiger partial charge in [0.05, 0.1) is 0 Å². The summed E-state index contributed by atoms with van der Waals surface area (Å²) in [6, 6.07) is 1.26. The van der Waals surface area contributed by atoms with E-state index in [0.717, 1.165) is 0 Å². The number of nitrogens with one attached hydrogen (secondary N) is 2. The molecule has 0 atom stereocenters. The molecule has 0 aliphatic carbocycles. The Balaban J connectivity index is 2.27. The second kappa shape index (κ2) is 5.23. The van der Waals surface area contributed by atoms with Crippen LogP contribution in [0.25, 0.3) is 0 Å². The molecule has 6 heteroatoms. The van der Waals surface area contributed by atoms with E-state index < -0.39 is 0 Å². The van der Waals surface area contributed by atoms with Gasteiger partial charge in [0, 0.05) is 19.2 Å². The van der Waals surface area contributed by atoms with Crippen molar-refractivity contribution in [3.63, 3.8) is 0 Å². The Hall–Kier alpha value is -1.56. The highest BCUT2D eigenvalue weighted by atomic mass is 16.5. The molecule has 14 heavy (non-hydrogen) atoms. The van der Waals surface area contributed by atoms with Crippen LogP contribution in [-0.2, 0) is 0 Å². The van der Waals surface area contributed by atoms with Gasteiger partial charge in [-0.2, -0.15) is 0 Å². The molecule has 1 aromatic rings. The number of aromatic nitrogens is 1. The summed E-state index contributed by atoms with van der Waals surface area (Å²) in [7, 11) is 0. The number of hydrogen-bond donors (Lipinski definition) is 3. The van der Waals surface area contributed by atoms with Gasteiger partial charge in [0.2, 0.25) is 0 Å². The predicted molar refractivity (Wildman–Crippen MR) is 50.0 cm³/mol.